The zero-order valence-corrected chi connectivity index (χ0v) is 26.6. The van der Waals surface area contributed by atoms with Gasteiger partial charge in [-0.05, 0) is 97.8 Å². The van der Waals surface area contributed by atoms with E-state index >= 15 is 0 Å². The number of carbonyl (C=O) groups is 3. The van der Waals surface area contributed by atoms with Gasteiger partial charge in [-0.25, -0.2) is 0 Å². The van der Waals surface area contributed by atoms with E-state index in [0.717, 1.165) is 35.4 Å². The molecule has 1 heterocycles. The highest BCUT2D eigenvalue weighted by Crippen LogP contribution is 2.52. The molecule has 0 saturated heterocycles. The van der Waals surface area contributed by atoms with Crippen molar-refractivity contribution in [3.8, 4) is 5.75 Å². The third kappa shape index (κ3) is 5.84. The molecule has 0 unspecified atom stereocenters. The van der Waals surface area contributed by atoms with Crippen molar-refractivity contribution in [3.63, 3.8) is 0 Å². The summed E-state index contributed by atoms with van der Waals surface area (Å²) in [6.45, 7) is 10.2. The highest BCUT2D eigenvalue weighted by molar-refractivity contribution is 9.11. The van der Waals surface area contributed by atoms with Crippen LogP contribution in [0.4, 0.5) is 5.69 Å². The number of benzene rings is 2. The molecule has 0 atom stereocenters. The highest BCUT2D eigenvalue weighted by Gasteiger charge is 2.46. The molecule has 8 heteroatoms. The molecule has 2 aromatic rings. The molecule has 0 saturated carbocycles. The number of nitrogens with one attached hydrogen (secondary N) is 2. The van der Waals surface area contributed by atoms with Gasteiger partial charge in [0.1, 0.15) is 5.75 Å². The summed E-state index contributed by atoms with van der Waals surface area (Å²) in [6, 6.07) is 11.4. The monoisotopic (exact) mass is 668 g/mol. The van der Waals surface area contributed by atoms with Gasteiger partial charge in [-0.2, -0.15) is 0 Å². The number of amides is 1. The first kappa shape index (κ1) is 28.8. The second-order valence-electron chi connectivity index (χ2n) is 12.7. The lowest BCUT2D eigenvalue weighted by molar-refractivity contribution is -0.119. The number of dihydropyridines is 1. The molecule has 0 aromatic heterocycles. The minimum Gasteiger partial charge on any atom is -0.481 e. The van der Waals surface area contributed by atoms with Crippen LogP contribution in [0, 0.1) is 17.8 Å². The summed E-state index contributed by atoms with van der Waals surface area (Å²) in [5.74, 6) is -0.0960. The molecule has 0 fully saturated rings. The summed E-state index contributed by atoms with van der Waals surface area (Å²) >= 11 is 7.26. The summed E-state index contributed by atoms with van der Waals surface area (Å²) in [5.41, 5.74) is 5.52. The lowest BCUT2D eigenvalue weighted by Crippen LogP contribution is -2.42. The van der Waals surface area contributed by atoms with Crippen LogP contribution in [-0.4, -0.2) is 24.1 Å². The average Bonchev–Trinajstić information content (AvgIpc) is 2.80. The summed E-state index contributed by atoms with van der Waals surface area (Å²) in [5, 5.41) is 6.40. The average molecular weight is 670 g/mol. The Balaban J connectivity index is 1.47. The highest BCUT2D eigenvalue weighted by atomic mass is 79.9. The molecule has 0 spiro atoms. The van der Waals surface area contributed by atoms with Crippen LogP contribution < -0.4 is 15.4 Å². The molecule has 2 aromatic carbocycles. The van der Waals surface area contributed by atoms with Crippen LogP contribution in [0.2, 0.25) is 0 Å². The van der Waals surface area contributed by atoms with Gasteiger partial charge >= 0.3 is 0 Å². The van der Waals surface area contributed by atoms with Gasteiger partial charge in [0.15, 0.2) is 18.2 Å². The van der Waals surface area contributed by atoms with Gasteiger partial charge in [-0.1, -0.05) is 39.8 Å². The number of carbonyl (C=O) groups excluding carboxylic acids is 3. The molecule has 40 heavy (non-hydrogen) atoms. The first-order chi connectivity index (χ1) is 18.7. The van der Waals surface area contributed by atoms with E-state index in [1.807, 2.05) is 43.3 Å². The number of ether oxygens (including phenoxy) is 1. The fourth-order valence-corrected chi connectivity index (χ4v) is 7.61. The van der Waals surface area contributed by atoms with Crippen LogP contribution in [0.1, 0.15) is 70.4 Å². The van der Waals surface area contributed by atoms with Gasteiger partial charge in [0.05, 0.1) is 8.95 Å². The van der Waals surface area contributed by atoms with Crippen molar-refractivity contribution in [1.29, 1.82) is 0 Å². The fraction of sp³-hybridized carbons (Fsp3) is 0.406. The van der Waals surface area contributed by atoms with Gasteiger partial charge in [-0.15, -0.1) is 0 Å². The molecule has 2 N–H and O–H groups in total. The van der Waals surface area contributed by atoms with Crippen LogP contribution >= 0.6 is 31.9 Å². The minimum atomic E-state index is -0.454. The van der Waals surface area contributed by atoms with Gasteiger partial charge in [0, 0.05) is 47.0 Å². The Bertz CT molecular complexity index is 1430. The van der Waals surface area contributed by atoms with Crippen LogP contribution in [0.5, 0.6) is 5.75 Å². The largest absolute Gasteiger partial charge is 0.481 e. The predicted octanol–water partition coefficient (Wildman–Crippen LogP) is 7.51. The first-order valence-corrected chi connectivity index (χ1v) is 15.1. The maximum Gasteiger partial charge on any atom is 0.262 e. The summed E-state index contributed by atoms with van der Waals surface area (Å²) in [6.07, 6.45) is 2.36. The van der Waals surface area contributed by atoms with Gasteiger partial charge < -0.3 is 15.4 Å². The fourth-order valence-electron chi connectivity index (χ4n) is 6.16. The van der Waals surface area contributed by atoms with Crippen molar-refractivity contribution in [2.45, 2.75) is 66.2 Å². The minimum absolute atomic E-state index is 0.0772. The zero-order valence-electron chi connectivity index (χ0n) is 23.5. The van der Waals surface area contributed by atoms with E-state index in [1.54, 1.807) is 0 Å². The van der Waals surface area contributed by atoms with Crippen LogP contribution in [-0.2, 0) is 14.4 Å². The second-order valence-corrected chi connectivity index (χ2v) is 14.5. The standard InChI is InChI=1S/C32H34Br2N2O4/c1-17-7-6-8-19(9-17)35-26(39)16-40-30-20(33)10-18(11-21(30)34)27-28-22(12-31(2,3)14-24(28)37)36-23-13-32(4,5)15-25(38)29(23)27/h6-11,27,36H,12-16H2,1-5H3,(H,35,39). The van der Waals surface area contributed by atoms with Crippen molar-refractivity contribution >= 4 is 55.0 Å². The van der Waals surface area contributed by atoms with E-state index in [-0.39, 0.29) is 34.9 Å². The van der Waals surface area contributed by atoms with E-state index in [2.05, 4.69) is 70.2 Å². The Hall–Kier alpha value is -2.71. The van der Waals surface area contributed by atoms with E-state index in [4.69, 9.17) is 4.74 Å². The third-order valence-corrected chi connectivity index (χ3v) is 8.90. The van der Waals surface area contributed by atoms with Crippen molar-refractivity contribution in [1.82, 2.24) is 5.32 Å². The molecule has 0 bridgehead atoms. The molecule has 0 radical (unpaired) electrons. The maximum absolute atomic E-state index is 13.6. The van der Waals surface area contributed by atoms with Crippen LogP contribution in [0.25, 0.3) is 0 Å². The van der Waals surface area contributed by atoms with Crippen molar-refractivity contribution < 1.29 is 19.1 Å². The Morgan fingerprint density at radius 3 is 2.00 bits per heavy atom. The number of rotatable bonds is 5. The number of halogens is 2. The molecule has 1 amide bonds. The van der Waals surface area contributed by atoms with Crippen LogP contribution in [0.3, 0.4) is 0 Å². The number of Topliss-reactive ketones (excluding diaryl/α,β-unsaturated/α-hetero) is 2. The lowest BCUT2D eigenvalue weighted by atomic mass is 9.64. The lowest BCUT2D eigenvalue weighted by Gasteiger charge is -2.44. The van der Waals surface area contributed by atoms with Gasteiger partial charge in [0.2, 0.25) is 0 Å². The van der Waals surface area contributed by atoms with E-state index in [1.165, 1.54) is 0 Å². The topological polar surface area (TPSA) is 84.5 Å². The van der Waals surface area contributed by atoms with Crippen molar-refractivity contribution in [2.75, 3.05) is 11.9 Å². The van der Waals surface area contributed by atoms with Gasteiger partial charge in [-0.3, -0.25) is 14.4 Å². The second kappa shape index (κ2) is 10.6. The van der Waals surface area contributed by atoms with Crippen molar-refractivity contribution in [3.05, 3.63) is 79.0 Å². The van der Waals surface area contributed by atoms with E-state index < -0.39 is 5.92 Å². The number of allylic oxidation sites excluding steroid dienone is 4. The molecule has 210 valence electrons. The maximum atomic E-state index is 13.6. The number of ketones is 2. The molecule has 5 rings (SSSR count). The quantitative estimate of drug-likeness (QED) is 0.344. The van der Waals surface area contributed by atoms with Crippen LogP contribution in [0.15, 0.2) is 67.9 Å². The number of aryl methyl sites for hydroxylation is 1. The van der Waals surface area contributed by atoms with E-state index in [9.17, 15) is 14.4 Å². The molecular weight excluding hydrogens is 636 g/mol. The van der Waals surface area contributed by atoms with E-state index in [0.29, 0.717) is 44.4 Å². The summed E-state index contributed by atoms with van der Waals surface area (Å²) in [7, 11) is 0. The molecule has 6 nitrogen and oxygen atoms in total. The normalized spacial score (nSPS) is 20.1. The predicted molar refractivity (Wildman–Crippen MR) is 163 cm³/mol. The van der Waals surface area contributed by atoms with Gasteiger partial charge in [0.25, 0.3) is 5.91 Å². The van der Waals surface area contributed by atoms with Crippen molar-refractivity contribution in [2.24, 2.45) is 10.8 Å². The number of hydrogen-bond acceptors (Lipinski definition) is 5. The third-order valence-electron chi connectivity index (χ3n) is 7.72. The number of anilines is 1. The Morgan fingerprint density at radius 2 is 1.48 bits per heavy atom. The summed E-state index contributed by atoms with van der Waals surface area (Å²) in [4.78, 5) is 39.8. The SMILES string of the molecule is Cc1cccc(NC(=O)COc2c(Br)cc(C3C4=C(CC(C)(C)CC4=O)NC4=C3C(=O)CC(C)(C)C4)cc2Br)c1. The smallest absolute Gasteiger partial charge is 0.262 e. The zero-order chi connectivity index (χ0) is 29.0. The number of hydrogen-bond donors (Lipinski definition) is 2. The summed E-state index contributed by atoms with van der Waals surface area (Å²) < 4.78 is 7.18. The Morgan fingerprint density at radius 1 is 0.925 bits per heavy atom. The molecule has 3 aliphatic rings. The first-order valence-electron chi connectivity index (χ1n) is 13.5. The molecular formula is C32H34Br2N2O4. The Labute approximate surface area is 252 Å². The molecule has 1 aliphatic heterocycles. The Kier molecular flexibility index (Phi) is 7.64. The molecule has 2 aliphatic carbocycles.